The summed E-state index contributed by atoms with van der Waals surface area (Å²) in [5.41, 5.74) is 0.964. The number of hydrogen-bond acceptors (Lipinski definition) is 4. The fourth-order valence-corrected chi connectivity index (χ4v) is 3.78. The van der Waals surface area contributed by atoms with Crippen molar-refractivity contribution in [2.45, 2.75) is 30.6 Å². The summed E-state index contributed by atoms with van der Waals surface area (Å²) in [4.78, 5) is 14.1. The van der Waals surface area contributed by atoms with Crippen LogP contribution >= 0.6 is 0 Å². The maximum absolute atomic E-state index is 11.7. The van der Waals surface area contributed by atoms with Crippen LogP contribution in [0.15, 0.2) is 29.2 Å². The van der Waals surface area contributed by atoms with Crippen LogP contribution in [0.3, 0.4) is 0 Å². The van der Waals surface area contributed by atoms with E-state index in [-0.39, 0.29) is 11.8 Å². The Labute approximate surface area is 127 Å². The van der Waals surface area contributed by atoms with Crippen molar-refractivity contribution < 1.29 is 13.2 Å². The van der Waals surface area contributed by atoms with Gasteiger partial charge in [-0.15, -0.1) is 0 Å². The van der Waals surface area contributed by atoms with Gasteiger partial charge in [-0.1, -0.05) is 19.1 Å². The van der Waals surface area contributed by atoms with Crippen molar-refractivity contribution in [3.63, 3.8) is 0 Å². The zero-order valence-electron chi connectivity index (χ0n) is 12.7. The molecule has 4 nitrogen and oxygen atoms in total. The molecule has 0 bridgehead atoms. The Balaban J connectivity index is 2.23. The van der Waals surface area contributed by atoms with Crippen molar-refractivity contribution in [1.82, 2.24) is 4.90 Å². The molecule has 1 heterocycles. The van der Waals surface area contributed by atoms with E-state index in [1.165, 1.54) is 6.26 Å². The van der Waals surface area contributed by atoms with Gasteiger partial charge in [0.15, 0.2) is 9.84 Å². The van der Waals surface area contributed by atoms with Gasteiger partial charge in [-0.25, -0.2) is 8.42 Å². The largest absolute Gasteiger partial charge is 0.303 e. The molecule has 21 heavy (non-hydrogen) atoms. The minimum atomic E-state index is -3.21. The number of carbonyl (C=O) groups excluding carboxylic acids is 1. The maximum atomic E-state index is 11.7. The van der Waals surface area contributed by atoms with Crippen LogP contribution in [-0.4, -0.2) is 45.5 Å². The summed E-state index contributed by atoms with van der Waals surface area (Å²) in [7, 11) is -3.21. The van der Waals surface area contributed by atoms with Gasteiger partial charge in [0.05, 0.1) is 4.90 Å². The lowest BCUT2D eigenvalue weighted by Crippen LogP contribution is -2.40. The molecule has 2 rings (SSSR count). The van der Waals surface area contributed by atoms with Gasteiger partial charge < -0.3 is 9.69 Å². The summed E-state index contributed by atoms with van der Waals surface area (Å²) in [6, 6.07) is 7.05. The third-order valence-corrected chi connectivity index (χ3v) is 5.28. The number of rotatable bonds is 5. The van der Waals surface area contributed by atoms with Crippen molar-refractivity contribution >= 4 is 16.1 Å². The molecule has 0 N–H and O–H groups in total. The molecule has 0 aliphatic carbocycles. The van der Waals surface area contributed by atoms with Gasteiger partial charge >= 0.3 is 0 Å². The number of carbonyl (C=O) groups is 1. The molecule has 1 saturated heterocycles. The second-order valence-electron chi connectivity index (χ2n) is 5.84. The summed E-state index contributed by atoms with van der Waals surface area (Å²) >= 11 is 0. The quantitative estimate of drug-likeness (QED) is 0.782. The second-order valence-corrected chi connectivity index (χ2v) is 7.86. The monoisotopic (exact) mass is 309 g/mol. The Morgan fingerprint density at radius 3 is 2.76 bits per heavy atom. The number of piperidine rings is 1. The van der Waals surface area contributed by atoms with Gasteiger partial charge in [-0.05, 0) is 49.5 Å². The van der Waals surface area contributed by atoms with Crippen LogP contribution in [0.1, 0.15) is 31.2 Å². The van der Waals surface area contributed by atoms with E-state index in [0.29, 0.717) is 4.90 Å². The van der Waals surface area contributed by atoms with Crippen LogP contribution in [0.5, 0.6) is 0 Å². The van der Waals surface area contributed by atoms with Crippen LogP contribution in [0, 0.1) is 5.92 Å². The summed E-state index contributed by atoms with van der Waals surface area (Å²) < 4.78 is 23.4. The fourth-order valence-electron chi connectivity index (χ4n) is 3.10. The number of nitrogens with zero attached hydrogens (tertiary/aromatic N) is 1. The van der Waals surface area contributed by atoms with Crippen molar-refractivity contribution in [2.75, 3.05) is 25.9 Å². The molecule has 0 spiro atoms. The Morgan fingerprint density at radius 2 is 2.14 bits per heavy atom. The number of benzene rings is 1. The molecular formula is C16H23NO3S. The van der Waals surface area contributed by atoms with Crippen LogP contribution in [0.25, 0.3) is 0 Å². The Bertz CT molecular complexity index is 597. The highest BCUT2D eigenvalue weighted by atomic mass is 32.2. The normalized spacial score (nSPS) is 23.9. The van der Waals surface area contributed by atoms with Crippen molar-refractivity contribution in [2.24, 2.45) is 5.92 Å². The standard InChI is InChI=1S/C16H23NO3S/c1-3-8-17-9-7-16(14(11-17)12-18)13-5-4-6-15(10-13)21(2,19)20/h4-6,10,12,14,16H,3,7-9,11H2,1-2H3/t14-,16+/m0/s1. The molecule has 0 aromatic heterocycles. The minimum absolute atomic E-state index is 0.0555. The Kier molecular flexibility index (Phi) is 5.17. The molecule has 1 aromatic carbocycles. The summed E-state index contributed by atoms with van der Waals surface area (Å²) in [6.07, 6.45) is 4.23. The van der Waals surface area contributed by atoms with Gasteiger partial charge in [0.1, 0.15) is 6.29 Å². The molecule has 1 aromatic rings. The third-order valence-electron chi connectivity index (χ3n) is 4.17. The van der Waals surface area contributed by atoms with Crippen LogP contribution in [-0.2, 0) is 14.6 Å². The SMILES string of the molecule is CCCN1CC[C@H](c2cccc(S(C)(=O)=O)c2)[C@H](C=O)C1. The first-order valence-corrected chi connectivity index (χ1v) is 9.32. The smallest absolute Gasteiger partial charge is 0.175 e. The highest BCUT2D eigenvalue weighted by Crippen LogP contribution is 2.33. The van der Waals surface area contributed by atoms with E-state index < -0.39 is 9.84 Å². The lowest BCUT2D eigenvalue weighted by molar-refractivity contribution is -0.113. The highest BCUT2D eigenvalue weighted by Gasteiger charge is 2.30. The Morgan fingerprint density at radius 1 is 1.38 bits per heavy atom. The molecule has 0 amide bonds. The lowest BCUT2D eigenvalue weighted by atomic mass is 9.81. The van der Waals surface area contributed by atoms with E-state index in [1.54, 1.807) is 18.2 Å². The van der Waals surface area contributed by atoms with E-state index in [4.69, 9.17) is 0 Å². The number of hydrogen-bond donors (Lipinski definition) is 0. The zero-order chi connectivity index (χ0) is 15.5. The molecule has 5 heteroatoms. The van der Waals surface area contributed by atoms with Crippen molar-refractivity contribution in [3.8, 4) is 0 Å². The lowest BCUT2D eigenvalue weighted by Gasteiger charge is -2.36. The summed E-state index contributed by atoms with van der Waals surface area (Å²) in [5, 5.41) is 0. The van der Waals surface area contributed by atoms with Crippen LogP contribution in [0.2, 0.25) is 0 Å². The summed E-state index contributed by atoms with van der Waals surface area (Å²) in [6.45, 7) is 4.88. The van der Waals surface area contributed by atoms with Gasteiger partial charge in [-0.2, -0.15) is 0 Å². The maximum Gasteiger partial charge on any atom is 0.175 e. The first-order valence-electron chi connectivity index (χ1n) is 7.43. The summed E-state index contributed by atoms with van der Waals surface area (Å²) in [5.74, 6) is 0.0671. The molecule has 0 radical (unpaired) electrons. The topological polar surface area (TPSA) is 54.5 Å². The predicted octanol–water partition coefficient (Wildman–Crippen LogP) is 2.10. The molecule has 0 unspecified atom stereocenters. The molecule has 0 saturated carbocycles. The van der Waals surface area contributed by atoms with Gasteiger partial charge in [0, 0.05) is 18.7 Å². The van der Waals surface area contributed by atoms with Gasteiger partial charge in [-0.3, -0.25) is 0 Å². The zero-order valence-corrected chi connectivity index (χ0v) is 13.5. The second kappa shape index (κ2) is 6.71. The Hall–Kier alpha value is -1.20. The van der Waals surface area contributed by atoms with E-state index in [1.807, 2.05) is 6.07 Å². The number of aldehydes is 1. The van der Waals surface area contributed by atoms with Gasteiger partial charge in [0.2, 0.25) is 0 Å². The van der Waals surface area contributed by atoms with Crippen molar-refractivity contribution in [3.05, 3.63) is 29.8 Å². The van der Waals surface area contributed by atoms with Crippen LogP contribution in [0.4, 0.5) is 0 Å². The molecule has 2 atom stereocenters. The first-order chi connectivity index (χ1) is 9.95. The predicted molar refractivity (Wildman–Crippen MR) is 83.2 cm³/mol. The van der Waals surface area contributed by atoms with E-state index in [9.17, 15) is 13.2 Å². The first kappa shape index (κ1) is 16.2. The van der Waals surface area contributed by atoms with E-state index in [0.717, 1.165) is 44.3 Å². The number of likely N-dealkylation sites (tertiary alicyclic amines) is 1. The van der Waals surface area contributed by atoms with Crippen molar-refractivity contribution in [1.29, 1.82) is 0 Å². The van der Waals surface area contributed by atoms with Gasteiger partial charge in [0.25, 0.3) is 0 Å². The average molecular weight is 309 g/mol. The third kappa shape index (κ3) is 3.92. The van der Waals surface area contributed by atoms with Crippen LogP contribution < -0.4 is 0 Å². The molecule has 1 aliphatic heterocycles. The van der Waals surface area contributed by atoms with E-state index in [2.05, 4.69) is 11.8 Å². The minimum Gasteiger partial charge on any atom is -0.303 e. The number of sulfone groups is 1. The average Bonchev–Trinajstić information content (AvgIpc) is 2.46. The fraction of sp³-hybridized carbons (Fsp3) is 0.562. The molecular weight excluding hydrogens is 286 g/mol. The molecule has 1 aliphatic rings. The molecule has 116 valence electrons. The molecule has 1 fully saturated rings. The highest BCUT2D eigenvalue weighted by molar-refractivity contribution is 7.90. The van der Waals surface area contributed by atoms with E-state index >= 15 is 0 Å².